The lowest BCUT2D eigenvalue weighted by Crippen LogP contribution is -2.19. The van der Waals surface area contributed by atoms with Crippen molar-refractivity contribution in [2.45, 2.75) is 0 Å². The number of hydrogen-bond donors (Lipinski definition) is 3. The number of thiocarbonyl (C=S) groups is 1. The lowest BCUT2D eigenvalue weighted by Gasteiger charge is -2.12. The largest absolute Gasteiger partial charge is 0.339 e. The van der Waals surface area contributed by atoms with Crippen LogP contribution in [-0.2, 0) is 0 Å². The fraction of sp³-hybridized carbons (Fsp3) is 0. The molecular formula is C17H12ClF2N5S. The highest BCUT2D eigenvalue weighted by molar-refractivity contribution is 7.80. The molecule has 132 valence electrons. The maximum Gasteiger partial charge on any atom is 0.175 e. The zero-order chi connectivity index (χ0) is 18.5. The van der Waals surface area contributed by atoms with Gasteiger partial charge in [-0.1, -0.05) is 11.6 Å². The summed E-state index contributed by atoms with van der Waals surface area (Å²) < 4.78 is 26.5. The Morgan fingerprint density at radius 2 is 1.62 bits per heavy atom. The molecule has 0 saturated carbocycles. The first-order chi connectivity index (χ1) is 12.5. The summed E-state index contributed by atoms with van der Waals surface area (Å²) in [5, 5.41) is 16.8. The minimum Gasteiger partial charge on any atom is -0.339 e. The molecule has 0 aliphatic carbocycles. The van der Waals surface area contributed by atoms with Gasteiger partial charge in [0.25, 0.3) is 0 Å². The van der Waals surface area contributed by atoms with Crippen molar-refractivity contribution in [2.24, 2.45) is 0 Å². The number of rotatable bonds is 4. The molecule has 1 aromatic heterocycles. The van der Waals surface area contributed by atoms with Crippen molar-refractivity contribution in [1.29, 1.82) is 0 Å². The van der Waals surface area contributed by atoms with Gasteiger partial charge < -0.3 is 16.0 Å². The third-order valence-corrected chi connectivity index (χ3v) is 3.63. The van der Waals surface area contributed by atoms with Gasteiger partial charge in [0, 0.05) is 17.4 Å². The first-order valence-corrected chi connectivity index (χ1v) is 8.17. The first kappa shape index (κ1) is 18.0. The molecule has 3 aromatic rings. The van der Waals surface area contributed by atoms with Crippen LogP contribution < -0.4 is 16.0 Å². The van der Waals surface area contributed by atoms with E-state index in [2.05, 4.69) is 26.1 Å². The van der Waals surface area contributed by atoms with Crippen LogP contribution in [-0.4, -0.2) is 15.3 Å². The summed E-state index contributed by atoms with van der Waals surface area (Å²) >= 11 is 10.8. The monoisotopic (exact) mass is 391 g/mol. The molecule has 0 aliphatic heterocycles. The van der Waals surface area contributed by atoms with Crippen LogP contribution >= 0.6 is 23.8 Å². The highest BCUT2D eigenvalue weighted by atomic mass is 35.5. The normalized spacial score (nSPS) is 10.3. The minimum atomic E-state index is -0.724. The Morgan fingerprint density at radius 3 is 2.27 bits per heavy atom. The zero-order valence-corrected chi connectivity index (χ0v) is 14.7. The average molecular weight is 392 g/mol. The van der Waals surface area contributed by atoms with Gasteiger partial charge in [0.2, 0.25) is 0 Å². The van der Waals surface area contributed by atoms with Gasteiger partial charge in [-0.3, -0.25) is 0 Å². The van der Waals surface area contributed by atoms with E-state index in [-0.39, 0.29) is 10.8 Å². The van der Waals surface area contributed by atoms with Gasteiger partial charge in [0.1, 0.15) is 11.6 Å². The van der Waals surface area contributed by atoms with Crippen LogP contribution in [0.25, 0.3) is 0 Å². The molecule has 0 saturated heterocycles. The highest BCUT2D eigenvalue weighted by Crippen LogP contribution is 2.19. The summed E-state index contributed by atoms with van der Waals surface area (Å²) in [5.41, 5.74) is 1.57. The summed E-state index contributed by atoms with van der Waals surface area (Å²) in [6.07, 6.45) is 0. The van der Waals surface area contributed by atoms with E-state index in [1.807, 2.05) is 0 Å². The van der Waals surface area contributed by atoms with Crippen molar-refractivity contribution in [3.8, 4) is 0 Å². The standard InChI is InChI=1S/C17H12ClF2N5S/c18-15-7-8-16(25-24-15)21-11-2-4-12(5-3-11)22-17(26)23-14-6-1-10(19)9-13(14)20/h1-9H,(H,21,25)(H2,22,23,26). The first-order valence-electron chi connectivity index (χ1n) is 7.39. The summed E-state index contributed by atoms with van der Waals surface area (Å²) in [6, 6.07) is 13.7. The summed E-state index contributed by atoms with van der Waals surface area (Å²) in [4.78, 5) is 0. The van der Waals surface area contributed by atoms with Crippen molar-refractivity contribution in [3.63, 3.8) is 0 Å². The zero-order valence-electron chi connectivity index (χ0n) is 13.1. The van der Waals surface area contributed by atoms with Gasteiger partial charge in [-0.05, 0) is 60.7 Å². The summed E-state index contributed by atoms with van der Waals surface area (Å²) in [6.45, 7) is 0. The number of nitrogens with one attached hydrogen (secondary N) is 3. The van der Waals surface area contributed by atoms with Crippen LogP contribution in [0.3, 0.4) is 0 Å². The van der Waals surface area contributed by atoms with Crippen molar-refractivity contribution >= 4 is 51.8 Å². The number of halogens is 3. The average Bonchev–Trinajstić information content (AvgIpc) is 2.61. The fourth-order valence-corrected chi connectivity index (χ4v) is 2.37. The second kappa shape index (κ2) is 8.03. The van der Waals surface area contributed by atoms with Gasteiger partial charge in [-0.15, -0.1) is 10.2 Å². The molecule has 0 bridgehead atoms. The van der Waals surface area contributed by atoms with E-state index in [9.17, 15) is 8.78 Å². The van der Waals surface area contributed by atoms with Gasteiger partial charge in [0.15, 0.2) is 16.1 Å². The fourth-order valence-electron chi connectivity index (χ4n) is 2.04. The predicted molar refractivity (Wildman–Crippen MR) is 103 cm³/mol. The molecule has 0 fully saturated rings. The van der Waals surface area contributed by atoms with Crippen LogP contribution in [0.15, 0.2) is 54.6 Å². The Labute approximate surface area is 158 Å². The Bertz CT molecular complexity index is 919. The summed E-state index contributed by atoms with van der Waals surface area (Å²) in [7, 11) is 0. The number of nitrogens with zero attached hydrogens (tertiary/aromatic N) is 2. The van der Waals surface area contributed by atoms with Crippen molar-refractivity contribution < 1.29 is 8.78 Å². The van der Waals surface area contributed by atoms with E-state index in [0.29, 0.717) is 16.7 Å². The molecule has 0 spiro atoms. The lowest BCUT2D eigenvalue weighted by atomic mass is 10.2. The van der Waals surface area contributed by atoms with Crippen molar-refractivity contribution in [3.05, 3.63) is 71.4 Å². The number of hydrogen-bond acceptors (Lipinski definition) is 4. The Kier molecular flexibility index (Phi) is 5.55. The van der Waals surface area contributed by atoms with Crippen LogP contribution in [0.1, 0.15) is 0 Å². The second-order valence-corrected chi connectivity index (χ2v) is 5.94. The molecule has 2 aromatic carbocycles. The van der Waals surface area contributed by atoms with Gasteiger partial charge in [0.05, 0.1) is 5.69 Å². The van der Waals surface area contributed by atoms with Gasteiger partial charge in [-0.25, -0.2) is 8.78 Å². The molecule has 0 amide bonds. The molecule has 0 aliphatic rings. The van der Waals surface area contributed by atoms with Crippen LogP contribution in [0.4, 0.5) is 31.7 Å². The van der Waals surface area contributed by atoms with Gasteiger partial charge >= 0.3 is 0 Å². The quantitative estimate of drug-likeness (QED) is 0.546. The topological polar surface area (TPSA) is 61.9 Å². The number of aromatic nitrogens is 2. The van der Waals surface area contributed by atoms with Crippen LogP contribution in [0, 0.1) is 11.6 Å². The Morgan fingerprint density at radius 1 is 0.885 bits per heavy atom. The molecule has 26 heavy (non-hydrogen) atoms. The molecule has 3 N–H and O–H groups in total. The number of anilines is 4. The minimum absolute atomic E-state index is 0.0866. The molecular weight excluding hydrogens is 380 g/mol. The van der Waals surface area contributed by atoms with E-state index in [0.717, 1.165) is 17.8 Å². The molecule has 0 unspecified atom stereocenters. The Hall–Kier alpha value is -2.84. The Balaban J connectivity index is 1.59. The molecule has 1 heterocycles. The molecule has 0 radical (unpaired) electrons. The molecule has 0 atom stereocenters. The highest BCUT2D eigenvalue weighted by Gasteiger charge is 2.06. The van der Waals surface area contributed by atoms with Crippen LogP contribution in [0.2, 0.25) is 5.15 Å². The smallest absolute Gasteiger partial charge is 0.175 e. The molecule has 3 rings (SSSR count). The van der Waals surface area contributed by atoms with Crippen molar-refractivity contribution in [1.82, 2.24) is 10.2 Å². The maximum atomic E-state index is 13.6. The van der Waals surface area contributed by atoms with Crippen molar-refractivity contribution in [2.75, 3.05) is 16.0 Å². The third-order valence-electron chi connectivity index (χ3n) is 3.23. The molecule has 5 nitrogen and oxygen atoms in total. The SMILES string of the molecule is Fc1ccc(NC(=S)Nc2ccc(Nc3ccc(Cl)nn3)cc2)c(F)c1. The maximum absolute atomic E-state index is 13.6. The van der Waals surface area contributed by atoms with Gasteiger partial charge in [-0.2, -0.15) is 0 Å². The van der Waals surface area contributed by atoms with E-state index in [1.165, 1.54) is 6.07 Å². The van der Waals surface area contributed by atoms with Crippen LogP contribution in [0.5, 0.6) is 0 Å². The predicted octanol–water partition coefficient (Wildman–Crippen LogP) is 4.96. The second-order valence-electron chi connectivity index (χ2n) is 5.15. The van der Waals surface area contributed by atoms with E-state index in [1.54, 1.807) is 36.4 Å². The third kappa shape index (κ3) is 4.84. The molecule has 9 heteroatoms. The summed E-state index contributed by atoms with van der Waals surface area (Å²) in [5.74, 6) is -0.822. The van der Waals surface area contributed by atoms with E-state index < -0.39 is 11.6 Å². The van der Waals surface area contributed by atoms with E-state index >= 15 is 0 Å². The number of benzene rings is 2. The lowest BCUT2D eigenvalue weighted by molar-refractivity contribution is 0.586. The van der Waals surface area contributed by atoms with E-state index in [4.69, 9.17) is 23.8 Å².